The number of hydrogen-bond donors (Lipinski definition) is 2. The molecule has 0 amide bonds. The van der Waals surface area contributed by atoms with Gasteiger partial charge < -0.3 is 15.2 Å². The largest absolute Gasteiger partial charge is 0.493 e. The Bertz CT molecular complexity index is 599. The van der Waals surface area contributed by atoms with Crippen LogP contribution in [0.5, 0.6) is 5.75 Å². The number of aliphatic hydroxyl groups excluding tert-OH is 1. The van der Waals surface area contributed by atoms with Gasteiger partial charge in [0.05, 0.1) is 19.4 Å². The Balaban J connectivity index is 1.40. The van der Waals surface area contributed by atoms with Crippen molar-refractivity contribution >= 4 is 0 Å². The highest BCUT2D eigenvalue weighted by atomic mass is 16.5. The number of ether oxygens (including phenoxy) is 1. The highest BCUT2D eigenvalue weighted by molar-refractivity contribution is 5.37. The SMILES string of the molecule is OCc1cn(CCCNCC2CCOc3ccccc32)nn1. The lowest BCUT2D eigenvalue weighted by atomic mass is 9.93. The molecule has 0 radical (unpaired) electrons. The van der Waals surface area contributed by atoms with E-state index >= 15 is 0 Å². The first kappa shape index (κ1) is 15.0. The molecule has 1 aliphatic rings. The van der Waals surface area contributed by atoms with Crippen LogP contribution in [0.1, 0.15) is 30.0 Å². The molecule has 22 heavy (non-hydrogen) atoms. The molecular weight excluding hydrogens is 280 g/mol. The molecule has 3 rings (SSSR count). The molecule has 2 aromatic rings. The third-order valence-electron chi connectivity index (χ3n) is 3.96. The van der Waals surface area contributed by atoms with Crippen LogP contribution >= 0.6 is 0 Å². The van der Waals surface area contributed by atoms with Crippen molar-refractivity contribution in [2.75, 3.05) is 19.7 Å². The molecule has 0 aliphatic carbocycles. The van der Waals surface area contributed by atoms with Gasteiger partial charge in [-0.15, -0.1) is 5.10 Å². The third kappa shape index (κ3) is 3.64. The maximum absolute atomic E-state index is 8.95. The summed E-state index contributed by atoms with van der Waals surface area (Å²) in [5.41, 5.74) is 1.93. The summed E-state index contributed by atoms with van der Waals surface area (Å²) in [6.45, 7) is 3.46. The van der Waals surface area contributed by atoms with E-state index in [-0.39, 0.29) is 6.61 Å². The van der Waals surface area contributed by atoms with Crippen molar-refractivity contribution < 1.29 is 9.84 Å². The van der Waals surface area contributed by atoms with Crippen molar-refractivity contribution in [2.45, 2.75) is 31.9 Å². The number of hydrogen-bond acceptors (Lipinski definition) is 5. The summed E-state index contributed by atoms with van der Waals surface area (Å²) in [7, 11) is 0. The number of para-hydroxylation sites is 1. The lowest BCUT2D eigenvalue weighted by Crippen LogP contribution is -2.27. The van der Waals surface area contributed by atoms with E-state index in [0.29, 0.717) is 11.6 Å². The van der Waals surface area contributed by atoms with Crippen LogP contribution in [-0.2, 0) is 13.2 Å². The van der Waals surface area contributed by atoms with Crippen molar-refractivity contribution in [1.29, 1.82) is 0 Å². The van der Waals surface area contributed by atoms with Gasteiger partial charge in [-0.25, -0.2) is 0 Å². The predicted molar refractivity (Wildman–Crippen MR) is 82.7 cm³/mol. The summed E-state index contributed by atoms with van der Waals surface area (Å²) in [6, 6.07) is 8.30. The predicted octanol–water partition coefficient (Wildman–Crippen LogP) is 1.32. The van der Waals surface area contributed by atoms with Crippen LogP contribution in [0.4, 0.5) is 0 Å². The molecule has 1 aromatic carbocycles. The van der Waals surface area contributed by atoms with Gasteiger partial charge in [0, 0.05) is 19.0 Å². The van der Waals surface area contributed by atoms with E-state index in [2.05, 4.69) is 27.8 Å². The lowest BCUT2D eigenvalue weighted by molar-refractivity contribution is 0.264. The van der Waals surface area contributed by atoms with Crippen LogP contribution in [0, 0.1) is 0 Å². The molecule has 6 nitrogen and oxygen atoms in total. The fourth-order valence-electron chi connectivity index (χ4n) is 2.79. The van der Waals surface area contributed by atoms with Crippen molar-refractivity contribution in [3.63, 3.8) is 0 Å². The average molecular weight is 302 g/mol. The minimum absolute atomic E-state index is 0.0542. The molecule has 1 unspecified atom stereocenters. The Hall–Kier alpha value is -1.92. The summed E-state index contributed by atoms with van der Waals surface area (Å²) >= 11 is 0. The number of aliphatic hydroxyl groups is 1. The molecule has 0 fully saturated rings. The Morgan fingerprint density at radius 3 is 3.14 bits per heavy atom. The second-order valence-electron chi connectivity index (χ2n) is 5.56. The number of aromatic nitrogens is 3. The first-order valence-electron chi connectivity index (χ1n) is 7.79. The Kier molecular flexibility index (Phi) is 5.03. The fourth-order valence-corrected chi connectivity index (χ4v) is 2.79. The summed E-state index contributed by atoms with van der Waals surface area (Å²) in [5, 5.41) is 20.3. The standard InChI is InChI=1S/C16H22N4O2/c21-12-14-11-20(19-18-14)8-3-7-17-10-13-6-9-22-16-5-2-1-4-15(13)16/h1-2,4-5,11,13,17,21H,3,6-10,12H2. The molecule has 0 spiro atoms. The van der Waals surface area contributed by atoms with Crippen molar-refractivity contribution in [2.24, 2.45) is 0 Å². The summed E-state index contributed by atoms with van der Waals surface area (Å²) in [5.74, 6) is 1.55. The van der Waals surface area contributed by atoms with Crippen LogP contribution in [0.2, 0.25) is 0 Å². The average Bonchev–Trinajstić information content (AvgIpc) is 3.03. The number of aryl methyl sites for hydroxylation is 1. The molecule has 1 aromatic heterocycles. The molecule has 2 heterocycles. The topological polar surface area (TPSA) is 72.2 Å². The van der Waals surface area contributed by atoms with Crippen LogP contribution in [-0.4, -0.2) is 39.8 Å². The first-order chi connectivity index (χ1) is 10.9. The molecule has 2 N–H and O–H groups in total. The van der Waals surface area contributed by atoms with E-state index in [1.807, 2.05) is 12.1 Å². The second-order valence-corrected chi connectivity index (χ2v) is 5.56. The highest BCUT2D eigenvalue weighted by Crippen LogP contribution is 2.32. The summed E-state index contributed by atoms with van der Waals surface area (Å²) < 4.78 is 7.46. The second kappa shape index (κ2) is 7.38. The third-order valence-corrected chi connectivity index (χ3v) is 3.96. The van der Waals surface area contributed by atoms with E-state index in [1.54, 1.807) is 10.9 Å². The minimum atomic E-state index is -0.0542. The fraction of sp³-hybridized carbons (Fsp3) is 0.500. The number of rotatable bonds is 7. The molecule has 6 heteroatoms. The monoisotopic (exact) mass is 302 g/mol. The van der Waals surface area contributed by atoms with Crippen molar-refractivity contribution in [3.05, 3.63) is 41.7 Å². The van der Waals surface area contributed by atoms with Crippen molar-refractivity contribution in [1.82, 2.24) is 20.3 Å². The molecular formula is C16H22N4O2. The van der Waals surface area contributed by atoms with Gasteiger partial charge >= 0.3 is 0 Å². The van der Waals surface area contributed by atoms with Crippen LogP contribution in [0.25, 0.3) is 0 Å². The maximum atomic E-state index is 8.95. The smallest absolute Gasteiger partial charge is 0.122 e. The van der Waals surface area contributed by atoms with Gasteiger partial charge in [-0.2, -0.15) is 0 Å². The summed E-state index contributed by atoms with van der Waals surface area (Å²) in [4.78, 5) is 0. The zero-order valence-corrected chi connectivity index (χ0v) is 12.6. The summed E-state index contributed by atoms with van der Waals surface area (Å²) in [6.07, 6.45) is 3.83. The quantitative estimate of drug-likeness (QED) is 0.755. The Morgan fingerprint density at radius 2 is 2.27 bits per heavy atom. The Morgan fingerprint density at radius 1 is 1.36 bits per heavy atom. The van der Waals surface area contributed by atoms with Crippen LogP contribution in [0.15, 0.2) is 30.5 Å². The van der Waals surface area contributed by atoms with Crippen LogP contribution in [0.3, 0.4) is 0 Å². The van der Waals surface area contributed by atoms with E-state index in [4.69, 9.17) is 9.84 Å². The molecule has 0 saturated carbocycles. The molecule has 1 aliphatic heterocycles. The van der Waals surface area contributed by atoms with E-state index in [9.17, 15) is 0 Å². The number of nitrogens with zero attached hydrogens (tertiary/aromatic N) is 3. The van der Waals surface area contributed by atoms with Gasteiger partial charge in [-0.05, 0) is 31.0 Å². The Labute approximate surface area is 130 Å². The van der Waals surface area contributed by atoms with Crippen LogP contribution < -0.4 is 10.1 Å². The zero-order valence-electron chi connectivity index (χ0n) is 12.6. The highest BCUT2D eigenvalue weighted by Gasteiger charge is 2.20. The van der Waals surface area contributed by atoms with E-state index in [0.717, 1.165) is 44.8 Å². The normalized spacial score (nSPS) is 17.0. The minimum Gasteiger partial charge on any atom is -0.493 e. The van der Waals surface area contributed by atoms with Gasteiger partial charge in [-0.3, -0.25) is 4.68 Å². The van der Waals surface area contributed by atoms with Gasteiger partial charge in [-0.1, -0.05) is 23.4 Å². The molecule has 0 bridgehead atoms. The number of nitrogens with one attached hydrogen (secondary N) is 1. The molecule has 0 saturated heterocycles. The number of benzene rings is 1. The number of fused-ring (bicyclic) bond motifs is 1. The van der Waals surface area contributed by atoms with E-state index in [1.165, 1.54) is 5.56 Å². The molecule has 1 atom stereocenters. The van der Waals surface area contributed by atoms with Crippen molar-refractivity contribution in [3.8, 4) is 5.75 Å². The maximum Gasteiger partial charge on any atom is 0.122 e. The van der Waals surface area contributed by atoms with Gasteiger partial charge in [0.1, 0.15) is 11.4 Å². The first-order valence-corrected chi connectivity index (χ1v) is 7.79. The van der Waals surface area contributed by atoms with Gasteiger partial charge in [0.2, 0.25) is 0 Å². The van der Waals surface area contributed by atoms with Gasteiger partial charge in [0.25, 0.3) is 0 Å². The van der Waals surface area contributed by atoms with Gasteiger partial charge in [0.15, 0.2) is 0 Å². The van der Waals surface area contributed by atoms with E-state index < -0.39 is 0 Å². The zero-order chi connectivity index (χ0) is 15.2. The lowest BCUT2D eigenvalue weighted by Gasteiger charge is -2.26. The molecule has 118 valence electrons.